The molecule has 0 spiro atoms. The van der Waals surface area contributed by atoms with Gasteiger partial charge in [0.15, 0.2) is 0 Å². The van der Waals surface area contributed by atoms with E-state index in [2.05, 4.69) is 10.3 Å². The molecule has 0 aliphatic heterocycles. The minimum atomic E-state index is -0.366. The van der Waals surface area contributed by atoms with E-state index in [-0.39, 0.29) is 22.8 Å². The Morgan fingerprint density at radius 2 is 2.11 bits per heavy atom. The lowest BCUT2D eigenvalue weighted by atomic mass is 10.0. The smallest absolute Gasteiger partial charge is 0.278 e. The maximum absolute atomic E-state index is 11.0. The van der Waals surface area contributed by atoms with Crippen LogP contribution in [0.2, 0.25) is 0 Å². The lowest BCUT2D eigenvalue weighted by Gasteiger charge is -2.25. The van der Waals surface area contributed by atoms with Gasteiger partial charge in [-0.05, 0) is 34.1 Å². The van der Waals surface area contributed by atoms with Crippen molar-refractivity contribution in [1.29, 1.82) is 0 Å². The van der Waals surface area contributed by atoms with Gasteiger partial charge in [0.1, 0.15) is 0 Å². The molecule has 1 heterocycles. The number of aromatic nitrogens is 1. The summed E-state index contributed by atoms with van der Waals surface area (Å²) >= 11 is 0. The van der Waals surface area contributed by atoms with Crippen LogP contribution < -0.4 is 5.32 Å². The fourth-order valence-corrected chi connectivity index (χ4v) is 1.92. The molecule has 0 saturated carbocycles. The Kier molecular flexibility index (Phi) is 4.97. The number of nitrogens with one attached hydrogen (secondary N) is 1. The number of aliphatic hydroxyl groups excluding tert-OH is 1. The predicted molar refractivity (Wildman–Crippen MR) is 73.0 cm³/mol. The van der Waals surface area contributed by atoms with Crippen LogP contribution in [0.3, 0.4) is 0 Å². The van der Waals surface area contributed by atoms with Crippen LogP contribution in [-0.2, 0) is 6.54 Å². The van der Waals surface area contributed by atoms with Crippen LogP contribution in [0.4, 0.5) is 5.69 Å². The quantitative estimate of drug-likeness (QED) is 0.606. The molecule has 2 N–H and O–H groups in total. The van der Waals surface area contributed by atoms with Crippen LogP contribution in [0.15, 0.2) is 6.20 Å². The normalized spacial score (nSPS) is 11.6. The number of hydrogen-bond donors (Lipinski definition) is 2. The summed E-state index contributed by atoms with van der Waals surface area (Å²) in [6.07, 6.45) is 2.14. The van der Waals surface area contributed by atoms with Crippen molar-refractivity contribution in [2.45, 2.75) is 46.2 Å². The third-order valence-electron chi connectivity index (χ3n) is 3.23. The number of hydrogen-bond acceptors (Lipinski definition) is 5. The molecule has 0 aliphatic rings. The van der Waals surface area contributed by atoms with Crippen molar-refractivity contribution >= 4 is 5.69 Å². The zero-order chi connectivity index (χ0) is 14.6. The summed E-state index contributed by atoms with van der Waals surface area (Å²) in [5.41, 5.74) is 1.73. The summed E-state index contributed by atoms with van der Waals surface area (Å²) in [6, 6.07) is 0. The first-order chi connectivity index (χ1) is 8.78. The Morgan fingerprint density at radius 1 is 1.47 bits per heavy atom. The Balaban J connectivity index is 2.92. The Bertz CT molecular complexity index is 472. The topological polar surface area (TPSA) is 88.3 Å². The van der Waals surface area contributed by atoms with Crippen molar-refractivity contribution in [1.82, 2.24) is 10.3 Å². The lowest BCUT2D eigenvalue weighted by molar-refractivity contribution is -0.386. The largest absolute Gasteiger partial charge is 0.396 e. The first kappa shape index (κ1) is 15.5. The maximum Gasteiger partial charge on any atom is 0.278 e. The summed E-state index contributed by atoms with van der Waals surface area (Å²) in [5, 5.41) is 23.2. The molecule has 0 bridgehead atoms. The molecule has 1 aromatic heterocycles. The van der Waals surface area contributed by atoms with Gasteiger partial charge in [-0.25, -0.2) is 0 Å². The first-order valence-corrected chi connectivity index (χ1v) is 6.24. The predicted octanol–water partition coefficient (Wildman–Crippen LogP) is 1.86. The fraction of sp³-hybridized carbons (Fsp3) is 0.615. The highest BCUT2D eigenvalue weighted by molar-refractivity contribution is 5.47. The standard InChI is InChI=1S/C13H21N3O3/c1-9-7-14-11(10(2)12(9)16(18)19)8-15-13(3,4)5-6-17/h7,15,17H,5-6,8H2,1-4H3. The number of aliphatic hydroxyl groups is 1. The third-order valence-corrected chi connectivity index (χ3v) is 3.23. The minimum Gasteiger partial charge on any atom is -0.396 e. The van der Waals surface area contributed by atoms with Crippen LogP contribution in [0.25, 0.3) is 0 Å². The summed E-state index contributed by atoms with van der Waals surface area (Å²) in [4.78, 5) is 14.9. The van der Waals surface area contributed by atoms with Crippen LogP contribution >= 0.6 is 0 Å². The number of aryl methyl sites for hydroxylation is 1. The molecule has 0 aliphatic carbocycles. The fourth-order valence-electron chi connectivity index (χ4n) is 1.92. The van der Waals surface area contributed by atoms with E-state index in [1.807, 2.05) is 13.8 Å². The average molecular weight is 267 g/mol. The molecule has 1 aromatic rings. The molecule has 0 unspecified atom stereocenters. The van der Waals surface area contributed by atoms with Gasteiger partial charge in [0.05, 0.1) is 10.6 Å². The van der Waals surface area contributed by atoms with E-state index in [1.54, 1.807) is 13.8 Å². The molecule has 0 saturated heterocycles. The van der Waals surface area contributed by atoms with Gasteiger partial charge in [-0.2, -0.15) is 0 Å². The van der Waals surface area contributed by atoms with Crippen LogP contribution in [-0.4, -0.2) is 27.2 Å². The highest BCUT2D eigenvalue weighted by Crippen LogP contribution is 2.24. The number of pyridine rings is 1. The van der Waals surface area contributed by atoms with Crippen LogP contribution in [0, 0.1) is 24.0 Å². The van der Waals surface area contributed by atoms with Gasteiger partial charge in [-0.1, -0.05) is 0 Å². The van der Waals surface area contributed by atoms with Crippen molar-refractivity contribution in [2.75, 3.05) is 6.61 Å². The molecule has 6 heteroatoms. The van der Waals surface area contributed by atoms with E-state index in [1.165, 1.54) is 6.20 Å². The van der Waals surface area contributed by atoms with Gasteiger partial charge in [0.25, 0.3) is 5.69 Å². The molecular weight excluding hydrogens is 246 g/mol. The van der Waals surface area contributed by atoms with Gasteiger partial charge in [-0.15, -0.1) is 0 Å². The molecule has 0 atom stereocenters. The Morgan fingerprint density at radius 3 is 2.63 bits per heavy atom. The zero-order valence-electron chi connectivity index (χ0n) is 11.9. The van der Waals surface area contributed by atoms with Crippen molar-refractivity contribution in [3.05, 3.63) is 33.1 Å². The van der Waals surface area contributed by atoms with E-state index >= 15 is 0 Å². The highest BCUT2D eigenvalue weighted by atomic mass is 16.6. The maximum atomic E-state index is 11.0. The second-order valence-electron chi connectivity index (χ2n) is 5.33. The molecule has 19 heavy (non-hydrogen) atoms. The highest BCUT2D eigenvalue weighted by Gasteiger charge is 2.21. The van der Waals surface area contributed by atoms with E-state index in [0.29, 0.717) is 29.8 Å². The van der Waals surface area contributed by atoms with Crippen LogP contribution in [0.1, 0.15) is 37.1 Å². The zero-order valence-corrected chi connectivity index (χ0v) is 11.9. The Labute approximate surface area is 113 Å². The van der Waals surface area contributed by atoms with Crippen molar-refractivity contribution in [3.63, 3.8) is 0 Å². The van der Waals surface area contributed by atoms with Crippen molar-refractivity contribution in [2.24, 2.45) is 0 Å². The summed E-state index contributed by atoms with van der Waals surface area (Å²) < 4.78 is 0. The second-order valence-corrected chi connectivity index (χ2v) is 5.33. The minimum absolute atomic E-state index is 0.0977. The average Bonchev–Trinajstić information content (AvgIpc) is 2.27. The molecule has 106 valence electrons. The molecule has 1 rings (SSSR count). The summed E-state index contributed by atoms with van der Waals surface area (Å²) in [6.45, 7) is 7.89. The second kappa shape index (κ2) is 6.08. The van der Waals surface area contributed by atoms with E-state index in [0.717, 1.165) is 0 Å². The number of nitro groups is 1. The van der Waals surface area contributed by atoms with E-state index in [9.17, 15) is 10.1 Å². The SMILES string of the molecule is Cc1cnc(CNC(C)(C)CCO)c(C)c1[N+](=O)[O-]. The van der Waals surface area contributed by atoms with E-state index in [4.69, 9.17) is 5.11 Å². The summed E-state index contributed by atoms with van der Waals surface area (Å²) in [7, 11) is 0. The van der Waals surface area contributed by atoms with E-state index < -0.39 is 0 Å². The Hall–Kier alpha value is -1.53. The molecule has 0 amide bonds. The molecular formula is C13H21N3O3. The van der Waals surface area contributed by atoms with Gasteiger partial charge >= 0.3 is 0 Å². The van der Waals surface area contributed by atoms with Gasteiger partial charge in [0.2, 0.25) is 0 Å². The molecule has 0 radical (unpaired) electrons. The van der Waals surface area contributed by atoms with Crippen molar-refractivity contribution in [3.8, 4) is 0 Å². The van der Waals surface area contributed by atoms with Gasteiger partial charge < -0.3 is 10.4 Å². The number of rotatable bonds is 6. The summed E-state index contributed by atoms with van der Waals surface area (Å²) in [5.74, 6) is 0. The number of nitrogens with zero attached hydrogens (tertiary/aromatic N) is 2. The molecule has 0 aromatic carbocycles. The lowest BCUT2D eigenvalue weighted by Crippen LogP contribution is -2.39. The monoisotopic (exact) mass is 267 g/mol. The first-order valence-electron chi connectivity index (χ1n) is 6.24. The molecule has 0 fully saturated rings. The van der Waals surface area contributed by atoms with Crippen LogP contribution in [0.5, 0.6) is 0 Å². The van der Waals surface area contributed by atoms with Gasteiger partial charge in [-0.3, -0.25) is 15.1 Å². The van der Waals surface area contributed by atoms with Gasteiger partial charge in [0, 0.05) is 36.0 Å². The third kappa shape index (κ3) is 3.97. The van der Waals surface area contributed by atoms with Crippen molar-refractivity contribution < 1.29 is 10.0 Å². The molecule has 6 nitrogen and oxygen atoms in total.